The van der Waals surface area contributed by atoms with Crippen LogP contribution in [-0.2, 0) is 28.0 Å². The Morgan fingerprint density at radius 2 is 2.03 bits per heavy atom. The third kappa shape index (κ3) is 7.08. The average molecular weight is 618 g/mol. The van der Waals surface area contributed by atoms with E-state index in [2.05, 4.69) is 20.9 Å². The summed E-state index contributed by atoms with van der Waals surface area (Å²) in [5.41, 5.74) is -2.22. The molecule has 4 atom stereocenters. The van der Waals surface area contributed by atoms with E-state index in [9.17, 15) is 28.9 Å². The number of phosphoric acid groups is 1. The van der Waals surface area contributed by atoms with E-state index in [-0.39, 0.29) is 18.6 Å². The molecule has 3 rings (SSSR count). The van der Waals surface area contributed by atoms with Crippen molar-refractivity contribution in [1.29, 1.82) is 0 Å². The Balaban J connectivity index is 1.67. The van der Waals surface area contributed by atoms with Gasteiger partial charge in [-0.25, -0.2) is 19.2 Å². The number of anilines is 1. The number of nitrogens with zero attached hydrogens (tertiary/aromatic N) is 2. The summed E-state index contributed by atoms with van der Waals surface area (Å²) in [6.07, 6.45) is -0.700. The number of carbonyl (C=O) groups excluding carboxylic acids is 1. The van der Waals surface area contributed by atoms with Crippen LogP contribution in [0.1, 0.15) is 39.0 Å². The Morgan fingerprint density at radius 3 is 2.66 bits per heavy atom. The number of aromatic nitrogens is 2. The minimum atomic E-state index is -4.95. The van der Waals surface area contributed by atoms with Gasteiger partial charge in [-0.2, -0.15) is 0 Å². The molecule has 1 aliphatic heterocycles. The number of rotatable bonds is 11. The number of aromatic amines is 1. The number of phosphoric ester groups is 1. The summed E-state index contributed by atoms with van der Waals surface area (Å²) < 4.78 is 29.1. The first-order chi connectivity index (χ1) is 17.9. The van der Waals surface area contributed by atoms with Crippen LogP contribution in [0.5, 0.6) is 0 Å². The lowest BCUT2D eigenvalue weighted by molar-refractivity contribution is -0.144. The maximum Gasteiger partial charge on any atom is 0.529 e. The fraction of sp³-hybridized carbons (Fsp3) is 0.435. The third-order valence-corrected chi connectivity index (χ3v) is 6.74. The van der Waals surface area contributed by atoms with Crippen LogP contribution in [0.25, 0.3) is 6.08 Å². The molecule has 3 N–H and O–H groups in total. The Labute approximate surface area is 226 Å². The van der Waals surface area contributed by atoms with E-state index in [1.54, 1.807) is 37.3 Å². The minimum Gasteiger partial charge on any atom is -0.390 e. The van der Waals surface area contributed by atoms with Crippen molar-refractivity contribution in [2.45, 2.75) is 51.2 Å². The number of hydrogen-bond acceptors (Lipinski definition) is 10. The number of halogens is 1. The van der Waals surface area contributed by atoms with E-state index in [1.807, 2.05) is 0 Å². The van der Waals surface area contributed by atoms with Crippen LogP contribution >= 0.6 is 23.8 Å². The van der Waals surface area contributed by atoms with E-state index >= 15 is 0 Å². The Hall–Kier alpha value is -2.58. The quantitative estimate of drug-likeness (QED) is 0.250. The van der Waals surface area contributed by atoms with Gasteiger partial charge in [0.25, 0.3) is 5.56 Å². The molecule has 1 unspecified atom stereocenters. The zero-order chi connectivity index (χ0) is 28.1. The number of ether oxygens (including phenoxy) is 1. The highest BCUT2D eigenvalue weighted by Crippen LogP contribution is 2.46. The molecule has 38 heavy (non-hydrogen) atoms. The molecule has 0 aliphatic carbocycles. The van der Waals surface area contributed by atoms with Gasteiger partial charge in [0.05, 0.1) is 30.6 Å². The minimum absolute atomic E-state index is 0.0691. The predicted molar refractivity (Wildman–Crippen MR) is 140 cm³/mol. The van der Waals surface area contributed by atoms with Crippen LogP contribution in [-0.4, -0.2) is 56.5 Å². The van der Waals surface area contributed by atoms with Gasteiger partial charge in [-0.05, 0) is 44.0 Å². The number of carbonyl (C=O) groups is 1. The van der Waals surface area contributed by atoms with Crippen molar-refractivity contribution >= 4 is 41.5 Å². The Morgan fingerprint density at radius 1 is 1.34 bits per heavy atom. The van der Waals surface area contributed by atoms with Gasteiger partial charge in [-0.1, -0.05) is 34.1 Å². The summed E-state index contributed by atoms with van der Waals surface area (Å²) in [5, 5.41) is 11.7. The van der Waals surface area contributed by atoms with E-state index in [4.69, 9.17) is 18.6 Å². The SMILES string of the molecule is CCON(c1ccccc1)C(C)(C)C(=O)OP(=O)(O)OC[C@H]1O[C@@H](n2cc(/C=C/Br)c(=O)[nH]c2=O)C[C@@H]1O. The van der Waals surface area contributed by atoms with Gasteiger partial charge >= 0.3 is 19.5 Å². The number of hydrogen-bond donors (Lipinski definition) is 3. The molecule has 0 amide bonds. The summed E-state index contributed by atoms with van der Waals surface area (Å²) in [5.74, 6) is -1.10. The molecule has 1 aromatic heterocycles. The van der Waals surface area contributed by atoms with Gasteiger partial charge in [-0.15, -0.1) is 0 Å². The largest absolute Gasteiger partial charge is 0.529 e. The van der Waals surface area contributed by atoms with E-state index < -0.39 is 55.6 Å². The second-order valence-corrected chi connectivity index (χ2v) is 10.6. The number of para-hydroxylation sites is 1. The summed E-state index contributed by atoms with van der Waals surface area (Å²) in [6.45, 7) is 4.21. The van der Waals surface area contributed by atoms with E-state index in [0.717, 1.165) is 4.57 Å². The maximum atomic E-state index is 12.9. The predicted octanol–water partition coefficient (Wildman–Crippen LogP) is 2.45. The molecular weight excluding hydrogens is 589 g/mol. The highest BCUT2D eigenvalue weighted by Gasteiger charge is 2.43. The molecule has 0 radical (unpaired) electrons. The molecule has 1 aliphatic rings. The van der Waals surface area contributed by atoms with Gasteiger partial charge in [0.2, 0.25) is 0 Å². The number of aliphatic hydroxyl groups is 1. The molecule has 2 heterocycles. The highest BCUT2D eigenvalue weighted by atomic mass is 79.9. The van der Waals surface area contributed by atoms with Gasteiger partial charge < -0.3 is 14.4 Å². The molecule has 208 valence electrons. The van der Waals surface area contributed by atoms with Crippen molar-refractivity contribution < 1.29 is 38.0 Å². The molecule has 1 saturated heterocycles. The van der Waals surface area contributed by atoms with Gasteiger partial charge in [0.1, 0.15) is 12.3 Å². The second kappa shape index (κ2) is 12.5. The van der Waals surface area contributed by atoms with Crippen LogP contribution < -0.4 is 16.3 Å². The maximum absolute atomic E-state index is 12.9. The van der Waals surface area contributed by atoms with Gasteiger partial charge in [0, 0.05) is 12.6 Å². The van der Waals surface area contributed by atoms with Crippen molar-refractivity contribution in [2.24, 2.45) is 0 Å². The molecule has 2 aromatic rings. The fourth-order valence-corrected chi connectivity index (χ4v) is 4.79. The Bertz CT molecular complexity index is 1310. The molecule has 1 aromatic carbocycles. The van der Waals surface area contributed by atoms with Crippen LogP contribution in [0, 0.1) is 0 Å². The molecule has 0 spiro atoms. The number of hydroxylamine groups is 1. The zero-order valence-electron chi connectivity index (χ0n) is 20.9. The third-order valence-electron chi connectivity index (χ3n) is 5.61. The lowest BCUT2D eigenvalue weighted by Gasteiger charge is -2.36. The summed E-state index contributed by atoms with van der Waals surface area (Å²) in [6, 6.07) is 8.65. The number of aliphatic hydroxyl groups excluding tert-OH is 1. The number of benzene rings is 1. The van der Waals surface area contributed by atoms with E-state index in [1.165, 1.54) is 36.2 Å². The van der Waals surface area contributed by atoms with Crippen LogP contribution in [0.2, 0.25) is 0 Å². The summed E-state index contributed by atoms with van der Waals surface area (Å²) in [7, 11) is -4.95. The summed E-state index contributed by atoms with van der Waals surface area (Å²) >= 11 is 3.06. The van der Waals surface area contributed by atoms with Crippen LogP contribution in [0.3, 0.4) is 0 Å². The zero-order valence-corrected chi connectivity index (χ0v) is 23.3. The average Bonchev–Trinajstić information content (AvgIpc) is 3.23. The second-order valence-electron chi connectivity index (χ2n) is 8.73. The molecule has 0 saturated carbocycles. The lowest BCUT2D eigenvalue weighted by atomic mass is 10.1. The first-order valence-corrected chi connectivity index (χ1v) is 14.0. The molecule has 15 heteroatoms. The monoisotopic (exact) mass is 617 g/mol. The van der Waals surface area contributed by atoms with Gasteiger partial charge in [-0.3, -0.25) is 28.6 Å². The topological polar surface area (TPSA) is 170 Å². The standard InChI is InChI=1S/C23H29BrN3O10P/c1-4-34-27(16-8-6-5-7-9-16)23(2,3)21(30)37-38(32,33)35-14-18-17(28)12-19(36-18)26-13-15(10-11-24)20(29)25-22(26)31/h5-11,13,17-19,28H,4,12,14H2,1-3H3,(H,32,33)(H,25,29,31)/b11-10+/t17-,18+,19+/m0/s1. The van der Waals surface area contributed by atoms with Crippen molar-refractivity contribution in [3.8, 4) is 0 Å². The van der Waals surface area contributed by atoms with Crippen LogP contribution in [0.4, 0.5) is 5.69 Å². The van der Waals surface area contributed by atoms with Crippen molar-refractivity contribution in [2.75, 3.05) is 18.3 Å². The molecular formula is C23H29BrN3O10P. The van der Waals surface area contributed by atoms with Crippen LogP contribution in [0.15, 0.2) is 51.1 Å². The van der Waals surface area contributed by atoms with Crippen molar-refractivity contribution in [3.05, 3.63) is 67.9 Å². The van der Waals surface area contributed by atoms with Crippen molar-refractivity contribution in [3.63, 3.8) is 0 Å². The Kier molecular flexibility index (Phi) is 9.87. The fourth-order valence-electron chi connectivity index (χ4n) is 3.68. The molecule has 13 nitrogen and oxygen atoms in total. The number of H-pyrrole nitrogens is 1. The normalized spacial score (nSPS) is 21.4. The smallest absolute Gasteiger partial charge is 0.390 e. The highest BCUT2D eigenvalue weighted by molar-refractivity contribution is 9.11. The molecule has 1 fully saturated rings. The van der Waals surface area contributed by atoms with E-state index in [0.29, 0.717) is 5.69 Å². The van der Waals surface area contributed by atoms with Crippen molar-refractivity contribution in [1.82, 2.24) is 9.55 Å². The lowest BCUT2D eigenvalue weighted by Crippen LogP contribution is -2.51. The number of nitrogens with one attached hydrogen (secondary N) is 1. The first kappa shape index (κ1) is 30.0. The first-order valence-electron chi connectivity index (χ1n) is 11.5. The summed E-state index contributed by atoms with van der Waals surface area (Å²) in [4.78, 5) is 56.4. The van der Waals surface area contributed by atoms with Gasteiger partial charge in [0.15, 0.2) is 5.54 Å². The molecule has 0 bridgehead atoms.